The molecular weight excluding hydrogens is 282 g/mol. The molecule has 0 fully saturated rings. The molecule has 0 bridgehead atoms. The maximum Gasteiger partial charge on any atom is 0.348 e. The van der Waals surface area contributed by atoms with Crippen LogP contribution < -0.4 is 0 Å². The molecule has 3 nitrogen and oxygen atoms in total. The standard InChI is InChI=1S/C17H17NO2S/c1-17(2,3)20-16(19)14-9-13-15(21-14)12(10-18-13)11-7-5-4-6-8-11/h4-10,18H,1-3H3. The molecule has 1 aromatic carbocycles. The molecule has 2 heterocycles. The summed E-state index contributed by atoms with van der Waals surface area (Å²) >= 11 is 1.47. The topological polar surface area (TPSA) is 42.1 Å². The zero-order chi connectivity index (χ0) is 15.0. The molecule has 0 saturated carbocycles. The molecule has 0 saturated heterocycles. The zero-order valence-corrected chi connectivity index (χ0v) is 13.1. The molecule has 0 aliphatic carbocycles. The second-order valence-electron chi connectivity index (χ2n) is 5.92. The number of aromatic nitrogens is 1. The Kier molecular flexibility index (Phi) is 3.33. The molecule has 2 aromatic heterocycles. The Morgan fingerprint density at radius 3 is 2.57 bits per heavy atom. The Morgan fingerprint density at radius 1 is 1.19 bits per heavy atom. The number of thiophene rings is 1. The fourth-order valence-corrected chi connectivity index (χ4v) is 3.21. The molecule has 1 N–H and O–H groups in total. The van der Waals surface area contributed by atoms with Crippen LogP contribution in [0, 0.1) is 0 Å². The third-order valence-corrected chi connectivity index (χ3v) is 4.18. The van der Waals surface area contributed by atoms with Crippen molar-refractivity contribution >= 4 is 27.5 Å². The van der Waals surface area contributed by atoms with E-state index in [-0.39, 0.29) is 5.97 Å². The van der Waals surface area contributed by atoms with Gasteiger partial charge in [0.25, 0.3) is 0 Å². The van der Waals surface area contributed by atoms with Gasteiger partial charge in [-0.15, -0.1) is 11.3 Å². The van der Waals surface area contributed by atoms with Crippen LogP contribution in [0.5, 0.6) is 0 Å². The highest BCUT2D eigenvalue weighted by Crippen LogP contribution is 2.35. The van der Waals surface area contributed by atoms with Crippen molar-refractivity contribution in [2.24, 2.45) is 0 Å². The maximum atomic E-state index is 12.2. The summed E-state index contributed by atoms with van der Waals surface area (Å²) in [4.78, 5) is 16.0. The normalized spacial score (nSPS) is 11.8. The molecule has 0 radical (unpaired) electrons. The summed E-state index contributed by atoms with van der Waals surface area (Å²) in [6.07, 6.45) is 1.98. The van der Waals surface area contributed by atoms with E-state index in [0.717, 1.165) is 21.3 Å². The molecule has 0 unspecified atom stereocenters. The number of rotatable bonds is 2. The lowest BCUT2D eigenvalue weighted by atomic mass is 10.1. The third-order valence-electron chi connectivity index (χ3n) is 3.03. The number of esters is 1. The first-order valence-corrected chi connectivity index (χ1v) is 7.65. The van der Waals surface area contributed by atoms with Crippen LogP contribution in [0.4, 0.5) is 0 Å². The van der Waals surface area contributed by atoms with Gasteiger partial charge >= 0.3 is 5.97 Å². The van der Waals surface area contributed by atoms with E-state index in [1.165, 1.54) is 11.3 Å². The Morgan fingerprint density at radius 2 is 1.90 bits per heavy atom. The highest BCUT2D eigenvalue weighted by atomic mass is 32.1. The van der Waals surface area contributed by atoms with E-state index in [1.54, 1.807) is 0 Å². The van der Waals surface area contributed by atoms with Crippen LogP contribution in [0.3, 0.4) is 0 Å². The fraction of sp³-hybridized carbons (Fsp3) is 0.235. The predicted molar refractivity (Wildman–Crippen MR) is 86.8 cm³/mol. The molecular formula is C17H17NO2S. The number of carbonyl (C=O) groups is 1. The Balaban J connectivity index is 1.99. The summed E-state index contributed by atoms with van der Waals surface area (Å²) in [5.74, 6) is -0.267. The third kappa shape index (κ3) is 2.85. The summed E-state index contributed by atoms with van der Waals surface area (Å²) in [5.41, 5.74) is 2.75. The molecule has 3 aromatic rings. The highest BCUT2D eigenvalue weighted by molar-refractivity contribution is 7.21. The van der Waals surface area contributed by atoms with Crippen LogP contribution >= 0.6 is 11.3 Å². The number of benzene rings is 1. The molecule has 3 rings (SSSR count). The first-order valence-electron chi connectivity index (χ1n) is 6.84. The lowest BCUT2D eigenvalue weighted by Crippen LogP contribution is -2.23. The number of hydrogen-bond acceptors (Lipinski definition) is 3. The van der Waals surface area contributed by atoms with Crippen LogP contribution in [-0.4, -0.2) is 16.6 Å². The molecule has 108 valence electrons. The average molecular weight is 299 g/mol. The molecule has 4 heteroatoms. The van der Waals surface area contributed by atoms with Gasteiger partial charge in [0.05, 0.1) is 10.2 Å². The minimum Gasteiger partial charge on any atom is -0.456 e. The van der Waals surface area contributed by atoms with Gasteiger partial charge in [-0.1, -0.05) is 30.3 Å². The number of ether oxygens (including phenoxy) is 1. The van der Waals surface area contributed by atoms with Crippen LogP contribution in [-0.2, 0) is 4.74 Å². The van der Waals surface area contributed by atoms with Gasteiger partial charge < -0.3 is 9.72 Å². The van der Waals surface area contributed by atoms with Gasteiger partial charge in [0.1, 0.15) is 10.5 Å². The number of nitrogens with one attached hydrogen (secondary N) is 1. The van der Waals surface area contributed by atoms with Crippen molar-refractivity contribution in [3.8, 4) is 11.1 Å². The van der Waals surface area contributed by atoms with Crippen molar-refractivity contribution in [1.29, 1.82) is 0 Å². The van der Waals surface area contributed by atoms with E-state index in [2.05, 4.69) is 17.1 Å². The van der Waals surface area contributed by atoms with E-state index in [0.29, 0.717) is 4.88 Å². The average Bonchev–Trinajstić information content (AvgIpc) is 2.97. The van der Waals surface area contributed by atoms with Gasteiger partial charge in [-0.05, 0) is 32.4 Å². The van der Waals surface area contributed by atoms with Crippen molar-refractivity contribution in [2.45, 2.75) is 26.4 Å². The first-order chi connectivity index (χ1) is 9.94. The minimum absolute atomic E-state index is 0.267. The molecule has 0 aliphatic heterocycles. The molecule has 0 atom stereocenters. The molecule has 0 aliphatic rings. The zero-order valence-electron chi connectivity index (χ0n) is 12.3. The van der Waals surface area contributed by atoms with Gasteiger partial charge in [-0.2, -0.15) is 0 Å². The Hall–Kier alpha value is -2.07. The van der Waals surface area contributed by atoms with Crippen molar-refractivity contribution in [2.75, 3.05) is 0 Å². The van der Waals surface area contributed by atoms with E-state index in [9.17, 15) is 4.79 Å². The maximum absolute atomic E-state index is 12.2. The monoisotopic (exact) mass is 299 g/mol. The number of aromatic amines is 1. The summed E-state index contributed by atoms with van der Waals surface area (Å²) in [6, 6.07) is 12.0. The summed E-state index contributed by atoms with van der Waals surface area (Å²) < 4.78 is 6.51. The van der Waals surface area contributed by atoms with Crippen LogP contribution in [0.15, 0.2) is 42.6 Å². The summed E-state index contributed by atoms with van der Waals surface area (Å²) in [5, 5.41) is 0. The van der Waals surface area contributed by atoms with Gasteiger partial charge in [-0.25, -0.2) is 4.79 Å². The molecule has 0 spiro atoms. The number of hydrogen-bond donors (Lipinski definition) is 1. The SMILES string of the molecule is CC(C)(C)OC(=O)c1cc2[nH]cc(-c3ccccc3)c2s1. The summed E-state index contributed by atoms with van der Waals surface area (Å²) in [7, 11) is 0. The lowest BCUT2D eigenvalue weighted by Gasteiger charge is -2.18. The van der Waals surface area contributed by atoms with E-state index in [4.69, 9.17) is 4.74 Å². The van der Waals surface area contributed by atoms with E-state index >= 15 is 0 Å². The van der Waals surface area contributed by atoms with Crippen molar-refractivity contribution in [3.63, 3.8) is 0 Å². The number of fused-ring (bicyclic) bond motifs is 1. The van der Waals surface area contributed by atoms with Crippen molar-refractivity contribution < 1.29 is 9.53 Å². The second-order valence-corrected chi connectivity index (χ2v) is 6.98. The van der Waals surface area contributed by atoms with Crippen LogP contribution in [0.1, 0.15) is 30.4 Å². The van der Waals surface area contributed by atoms with Crippen molar-refractivity contribution in [3.05, 3.63) is 47.5 Å². The van der Waals surface area contributed by atoms with E-state index in [1.807, 2.05) is 51.2 Å². The van der Waals surface area contributed by atoms with Gasteiger partial charge in [0, 0.05) is 11.8 Å². The van der Waals surface area contributed by atoms with Crippen LogP contribution in [0.2, 0.25) is 0 Å². The highest BCUT2D eigenvalue weighted by Gasteiger charge is 2.21. The lowest BCUT2D eigenvalue weighted by molar-refractivity contribution is 0.00753. The minimum atomic E-state index is -0.475. The number of H-pyrrole nitrogens is 1. The first kappa shape index (κ1) is 13.9. The largest absolute Gasteiger partial charge is 0.456 e. The van der Waals surface area contributed by atoms with Gasteiger partial charge in [0.15, 0.2) is 0 Å². The van der Waals surface area contributed by atoms with Gasteiger partial charge in [-0.3, -0.25) is 0 Å². The molecule has 21 heavy (non-hydrogen) atoms. The van der Waals surface area contributed by atoms with Crippen molar-refractivity contribution in [1.82, 2.24) is 4.98 Å². The molecule has 0 amide bonds. The van der Waals surface area contributed by atoms with Crippen LogP contribution in [0.25, 0.3) is 21.3 Å². The second kappa shape index (κ2) is 5.04. The number of carbonyl (C=O) groups excluding carboxylic acids is 1. The Bertz CT molecular complexity index is 778. The van der Waals surface area contributed by atoms with E-state index < -0.39 is 5.60 Å². The quantitative estimate of drug-likeness (QED) is 0.687. The predicted octanol–water partition coefficient (Wildman–Crippen LogP) is 4.85. The Labute approximate surface area is 127 Å². The smallest absolute Gasteiger partial charge is 0.348 e. The fourth-order valence-electron chi connectivity index (χ4n) is 2.17. The summed E-state index contributed by atoms with van der Waals surface area (Å²) in [6.45, 7) is 5.62. The van der Waals surface area contributed by atoms with Gasteiger partial charge in [0.2, 0.25) is 0 Å².